The molecule has 7 heteroatoms. The third-order valence-electron chi connectivity index (χ3n) is 4.70. The number of nitrogens with one attached hydrogen (secondary N) is 2. The maximum atomic E-state index is 12.4. The molecule has 0 saturated heterocycles. The Bertz CT molecular complexity index is 1200. The van der Waals surface area contributed by atoms with Crippen LogP contribution in [0.4, 0.5) is 5.69 Å². The number of H-pyrrole nitrogens is 1. The number of carbonyl (C=O) groups is 1. The molecular weight excluding hydrogens is 398 g/mol. The number of benzene rings is 3. The summed E-state index contributed by atoms with van der Waals surface area (Å²) in [6.45, 7) is 0.392. The van der Waals surface area contributed by atoms with Gasteiger partial charge in [-0.2, -0.15) is 0 Å². The first-order chi connectivity index (χ1) is 14.6. The number of amides is 1. The lowest BCUT2D eigenvalue weighted by Gasteiger charge is -2.07. The number of hydrogen-bond acceptors (Lipinski definition) is 4. The molecule has 6 nitrogen and oxygen atoms in total. The largest absolute Gasteiger partial charge is 0.354 e. The van der Waals surface area contributed by atoms with E-state index >= 15 is 0 Å². The minimum atomic E-state index is -0.540. The number of carbonyl (C=O) groups excluding carboxylic acids is 1. The first-order valence-corrected chi connectivity index (χ1v) is 10.4. The summed E-state index contributed by atoms with van der Waals surface area (Å²) < 4.78 is 0. The van der Waals surface area contributed by atoms with E-state index in [2.05, 4.69) is 28.5 Å². The van der Waals surface area contributed by atoms with E-state index in [-0.39, 0.29) is 11.3 Å². The second-order valence-corrected chi connectivity index (χ2v) is 7.72. The van der Waals surface area contributed by atoms with Crippen LogP contribution >= 0.6 is 11.8 Å². The lowest BCUT2D eigenvalue weighted by atomic mass is 10.1. The summed E-state index contributed by atoms with van der Waals surface area (Å²) in [6, 6.07) is 24.2. The molecular formula is C23H19N3O3S. The molecule has 3 aromatic carbocycles. The maximum absolute atomic E-state index is 12.4. The van der Waals surface area contributed by atoms with Gasteiger partial charge in [0.2, 0.25) is 0 Å². The number of nitro groups is 1. The molecule has 0 atom stereocenters. The fourth-order valence-electron chi connectivity index (χ4n) is 3.31. The Hall–Kier alpha value is -3.58. The Kier molecular flexibility index (Phi) is 5.81. The van der Waals surface area contributed by atoms with Gasteiger partial charge in [0.25, 0.3) is 11.6 Å². The van der Waals surface area contributed by atoms with E-state index in [1.807, 2.05) is 36.4 Å². The van der Waals surface area contributed by atoms with E-state index in [0.29, 0.717) is 12.3 Å². The van der Waals surface area contributed by atoms with E-state index in [9.17, 15) is 14.9 Å². The van der Waals surface area contributed by atoms with Crippen molar-refractivity contribution in [2.24, 2.45) is 0 Å². The number of hydrogen-bond donors (Lipinski definition) is 2. The van der Waals surface area contributed by atoms with Crippen molar-refractivity contribution in [3.8, 4) is 11.3 Å². The molecule has 0 bridgehead atoms. The number of nitro benzene ring substituents is 1. The molecule has 0 aliphatic carbocycles. The zero-order chi connectivity index (χ0) is 20.9. The third kappa shape index (κ3) is 4.06. The highest BCUT2D eigenvalue weighted by atomic mass is 32.2. The number of fused-ring (bicyclic) bond motifs is 1. The molecule has 0 spiro atoms. The second-order valence-electron chi connectivity index (χ2n) is 6.62. The van der Waals surface area contributed by atoms with Gasteiger partial charge in [-0.25, -0.2) is 0 Å². The van der Waals surface area contributed by atoms with E-state index in [4.69, 9.17) is 0 Å². The van der Waals surface area contributed by atoms with Gasteiger partial charge in [-0.3, -0.25) is 14.9 Å². The molecule has 1 aromatic heterocycles. The summed E-state index contributed by atoms with van der Waals surface area (Å²) in [6.07, 6.45) is 0. The zero-order valence-corrected chi connectivity index (χ0v) is 16.8. The standard InChI is InChI=1S/C23H19N3O3S/c27-23(18-11-5-7-13-20(18)26(28)29)24-14-15-30-22-17-10-4-6-12-19(17)25-21(22)16-8-2-1-3-9-16/h1-13,25H,14-15H2,(H,24,27). The van der Waals surface area contributed by atoms with E-state index in [0.717, 1.165) is 27.1 Å². The van der Waals surface area contributed by atoms with Crippen molar-refractivity contribution in [3.63, 3.8) is 0 Å². The third-order valence-corrected chi connectivity index (χ3v) is 5.82. The normalized spacial score (nSPS) is 10.8. The van der Waals surface area contributed by atoms with Crippen LogP contribution < -0.4 is 5.32 Å². The molecule has 150 valence electrons. The molecule has 0 aliphatic heterocycles. The Labute approximate surface area is 177 Å². The molecule has 0 aliphatic rings. The van der Waals surface area contributed by atoms with Crippen LogP contribution in [0.15, 0.2) is 83.8 Å². The van der Waals surface area contributed by atoms with Gasteiger partial charge in [0.05, 0.1) is 10.6 Å². The Balaban J connectivity index is 1.48. The van der Waals surface area contributed by atoms with Crippen molar-refractivity contribution in [2.75, 3.05) is 12.3 Å². The lowest BCUT2D eigenvalue weighted by Crippen LogP contribution is -2.26. The van der Waals surface area contributed by atoms with Gasteiger partial charge >= 0.3 is 0 Å². The van der Waals surface area contributed by atoms with E-state index in [1.54, 1.807) is 23.9 Å². The monoisotopic (exact) mass is 417 g/mol. The van der Waals surface area contributed by atoms with Crippen LogP contribution in [0.3, 0.4) is 0 Å². The SMILES string of the molecule is O=C(NCCSc1c(-c2ccccc2)[nH]c2ccccc12)c1ccccc1[N+](=O)[O-]. The second kappa shape index (κ2) is 8.84. The van der Waals surface area contributed by atoms with Gasteiger partial charge in [-0.15, -0.1) is 11.8 Å². The number of rotatable bonds is 7. The molecule has 1 heterocycles. The summed E-state index contributed by atoms with van der Waals surface area (Å²) in [7, 11) is 0. The first kappa shape index (κ1) is 19.7. The topological polar surface area (TPSA) is 88.0 Å². The van der Waals surface area contributed by atoms with Crippen molar-refractivity contribution in [1.29, 1.82) is 0 Å². The highest BCUT2D eigenvalue weighted by molar-refractivity contribution is 7.99. The smallest absolute Gasteiger partial charge is 0.282 e. The summed E-state index contributed by atoms with van der Waals surface area (Å²) >= 11 is 1.65. The predicted octanol–water partition coefficient (Wildman–Crippen LogP) is 5.27. The number of aromatic nitrogens is 1. The van der Waals surface area contributed by atoms with Crippen molar-refractivity contribution < 1.29 is 9.72 Å². The van der Waals surface area contributed by atoms with Gasteiger partial charge in [-0.05, 0) is 17.7 Å². The van der Waals surface area contributed by atoms with Crippen molar-refractivity contribution >= 4 is 34.3 Å². The zero-order valence-electron chi connectivity index (χ0n) is 16.0. The van der Waals surface area contributed by atoms with Crippen LogP contribution in [0.5, 0.6) is 0 Å². The Morgan fingerprint density at radius 2 is 1.67 bits per heavy atom. The van der Waals surface area contributed by atoms with Gasteiger partial charge in [-0.1, -0.05) is 60.7 Å². The van der Waals surface area contributed by atoms with E-state index in [1.165, 1.54) is 12.1 Å². The number of para-hydroxylation sites is 2. The Morgan fingerprint density at radius 3 is 2.47 bits per heavy atom. The van der Waals surface area contributed by atoms with Crippen LogP contribution in [-0.2, 0) is 0 Å². The molecule has 2 N–H and O–H groups in total. The molecule has 30 heavy (non-hydrogen) atoms. The number of aromatic amines is 1. The van der Waals surface area contributed by atoms with Gasteiger partial charge < -0.3 is 10.3 Å². The van der Waals surface area contributed by atoms with Gasteiger partial charge in [0, 0.05) is 34.2 Å². The minimum absolute atomic E-state index is 0.0737. The summed E-state index contributed by atoms with van der Waals surface area (Å²) in [5, 5.41) is 15.0. The van der Waals surface area contributed by atoms with E-state index < -0.39 is 10.8 Å². The molecule has 4 aromatic rings. The van der Waals surface area contributed by atoms with Gasteiger partial charge in [0.15, 0.2) is 0 Å². The van der Waals surface area contributed by atoms with Gasteiger partial charge in [0.1, 0.15) is 5.56 Å². The lowest BCUT2D eigenvalue weighted by molar-refractivity contribution is -0.385. The average molecular weight is 417 g/mol. The summed E-state index contributed by atoms with van der Waals surface area (Å²) in [5.41, 5.74) is 3.09. The highest BCUT2D eigenvalue weighted by Crippen LogP contribution is 2.37. The minimum Gasteiger partial charge on any atom is -0.354 e. The Morgan fingerprint density at radius 1 is 0.967 bits per heavy atom. The molecule has 0 saturated carbocycles. The maximum Gasteiger partial charge on any atom is 0.282 e. The predicted molar refractivity (Wildman–Crippen MR) is 120 cm³/mol. The fourth-order valence-corrected chi connectivity index (χ4v) is 4.37. The molecule has 0 unspecified atom stereocenters. The van der Waals surface area contributed by atoms with Crippen LogP contribution in [0.1, 0.15) is 10.4 Å². The molecule has 0 radical (unpaired) electrons. The summed E-state index contributed by atoms with van der Waals surface area (Å²) in [5.74, 6) is 0.193. The molecule has 1 amide bonds. The van der Waals surface area contributed by atoms with Crippen LogP contribution in [0.2, 0.25) is 0 Å². The average Bonchev–Trinajstić information content (AvgIpc) is 3.15. The first-order valence-electron chi connectivity index (χ1n) is 9.45. The van der Waals surface area contributed by atoms with Crippen LogP contribution in [-0.4, -0.2) is 28.1 Å². The number of nitrogens with zero attached hydrogens (tertiary/aromatic N) is 1. The highest BCUT2D eigenvalue weighted by Gasteiger charge is 2.19. The molecule has 0 fully saturated rings. The molecule has 4 rings (SSSR count). The number of thioether (sulfide) groups is 1. The van der Waals surface area contributed by atoms with Crippen molar-refractivity contribution in [1.82, 2.24) is 10.3 Å². The van der Waals surface area contributed by atoms with Crippen LogP contribution in [0.25, 0.3) is 22.2 Å². The van der Waals surface area contributed by atoms with Crippen LogP contribution in [0, 0.1) is 10.1 Å². The van der Waals surface area contributed by atoms with Crippen molar-refractivity contribution in [3.05, 3.63) is 94.5 Å². The summed E-state index contributed by atoms with van der Waals surface area (Å²) in [4.78, 5) is 27.6. The fraction of sp³-hybridized carbons (Fsp3) is 0.0870. The van der Waals surface area contributed by atoms with Crippen molar-refractivity contribution in [2.45, 2.75) is 4.90 Å². The quantitative estimate of drug-likeness (QED) is 0.186.